The number of aliphatic imine (C=N–C) groups is 1. The molecule has 1 amide bonds. The highest BCUT2D eigenvalue weighted by molar-refractivity contribution is 14.0. The van der Waals surface area contributed by atoms with Gasteiger partial charge in [0.25, 0.3) is 0 Å². The van der Waals surface area contributed by atoms with Gasteiger partial charge in [-0.2, -0.15) is 0 Å². The highest BCUT2D eigenvalue weighted by atomic mass is 127. The topological polar surface area (TPSA) is 68.8 Å². The Balaban J connectivity index is 0.00000392. The summed E-state index contributed by atoms with van der Waals surface area (Å²) in [7, 11) is 0. The van der Waals surface area contributed by atoms with Crippen molar-refractivity contribution in [2.45, 2.75) is 53.1 Å². The van der Waals surface area contributed by atoms with Crippen molar-refractivity contribution in [1.82, 2.24) is 16.0 Å². The van der Waals surface area contributed by atoms with E-state index in [0.717, 1.165) is 42.6 Å². The normalized spacial score (nSPS) is 15.7. The van der Waals surface area contributed by atoms with Gasteiger partial charge in [-0.05, 0) is 50.3 Å². The first kappa shape index (κ1) is 24.5. The Bertz CT molecular complexity index is 618. The van der Waals surface area contributed by atoms with Gasteiger partial charge in [0, 0.05) is 31.4 Å². The molecule has 1 unspecified atom stereocenters. The van der Waals surface area contributed by atoms with Crippen molar-refractivity contribution in [2.75, 3.05) is 31.1 Å². The smallest absolute Gasteiger partial charge is 0.239 e. The van der Waals surface area contributed by atoms with Crippen molar-refractivity contribution >= 4 is 41.5 Å². The molecule has 0 radical (unpaired) electrons. The fourth-order valence-electron chi connectivity index (χ4n) is 3.05. The first-order chi connectivity index (χ1) is 13.0. The number of nitrogens with zero attached hydrogens (tertiary/aromatic N) is 2. The summed E-state index contributed by atoms with van der Waals surface area (Å²) in [6.07, 6.45) is 2.35. The van der Waals surface area contributed by atoms with Gasteiger partial charge in [0.1, 0.15) is 0 Å². The van der Waals surface area contributed by atoms with E-state index < -0.39 is 0 Å². The van der Waals surface area contributed by atoms with Crippen LogP contribution in [0.25, 0.3) is 0 Å². The molecule has 1 heterocycles. The standard InChI is InChI=1S/C21H35N5O.HI/c1-5-22-21(25-17(4)7-6-16(2)3)24-14-18-8-10-19(11-9-18)26-13-12-23-20(27)15-26;/h8-11,16-17H,5-7,12-15H2,1-4H3,(H,23,27)(H2,22,24,25);1H. The van der Waals surface area contributed by atoms with Crippen LogP contribution in [0.2, 0.25) is 0 Å². The van der Waals surface area contributed by atoms with Crippen LogP contribution in [0.4, 0.5) is 5.69 Å². The minimum atomic E-state index is 0. The molecule has 0 bridgehead atoms. The average molecular weight is 501 g/mol. The van der Waals surface area contributed by atoms with Gasteiger partial charge in [-0.1, -0.05) is 26.0 Å². The van der Waals surface area contributed by atoms with Crippen LogP contribution in [0.5, 0.6) is 0 Å². The predicted molar refractivity (Wildman–Crippen MR) is 129 cm³/mol. The summed E-state index contributed by atoms with van der Waals surface area (Å²) in [6, 6.07) is 8.75. The molecule has 0 saturated carbocycles. The van der Waals surface area contributed by atoms with Crippen LogP contribution >= 0.6 is 24.0 Å². The lowest BCUT2D eigenvalue weighted by Gasteiger charge is -2.28. The molecule has 158 valence electrons. The van der Waals surface area contributed by atoms with Crippen LogP contribution in [-0.4, -0.2) is 44.1 Å². The lowest BCUT2D eigenvalue weighted by Crippen LogP contribution is -2.47. The zero-order valence-electron chi connectivity index (χ0n) is 17.6. The lowest BCUT2D eigenvalue weighted by atomic mass is 10.0. The Morgan fingerprint density at radius 3 is 2.54 bits per heavy atom. The minimum Gasteiger partial charge on any atom is -0.360 e. The van der Waals surface area contributed by atoms with Crippen molar-refractivity contribution in [3.05, 3.63) is 29.8 Å². The fraction of sp³-hybridized carbons (Fsp3) is 0.619. The second-order valence-electron chi connectivity index (χ2n) is 7.65. The van der Waals surface area contributed by atoms with Crippen LogP contribution in [0.3, 0.4) is 0 Å². The van der Waals surface area contributed by atoms with E-state index in [1.54, 1.807) is 0 Å². The number of carbonyl (C=O) groups excluding carboxylic acids is 1. The van der Waals surface area contributed by atoms with Crippen molar-refractivity contribution in [2.24, 2.45) is 10.9 Å². The molecule has 28 heavy (non-hydrogen) atoms. The molecule has 3 N–H and O–H groups in total. The van der Waals surface area contributed by atoms with Crippen LogP contribution in [0.1, 0.15) is 46.1 Å². The molecule has 7 heteroatoms. The van der Waals surface area contributed by atoms with E-state index in [2.05, 4.69) is 72.8 Å². The van der Waals surface area contributed by atoms with E-state index in [4.69, 9.17) is 4.99 Å². The number of anilines is 1. The van der Waals surface area contributed by atoms with Gasteiger partial charge in [-0.15, -0.1) is 24.0 Å². The maximum atomic E-state index is 11.5. The number of carbonyl (C=O) groups is 1. The molecule has 1 atom stereocenters. The third-order valence-corrected chi connectivity index (χ3v) is 4.66. The molecule has 1 aromatic rings. The van der Waals surface area contributed by atoms with Gasteiger partial charge < -0.3 is 20.9 Å². The Labute approximate surface area is 187 Å². The minimum absolute atomic E-state index is 0. The fourth-order valence-corrected chi connectivity index (χ4v) is 3.05. The van der Waals surface area contributed by atoms with Crippen molar-refractivity contribution < 1.29 is 4.79 Å². The summed E-state index contributed by atoms with van der Waals surface area (Å²) in [5.41, 5.74) is 2.25. The van der Waals surface area contributed by atoms with E-state index >= 15 is 0 Å². The highest BCUT2D eigenvalue weighted by Gasteiger charge is 2.16. The molecule has 1 fully saturated rings. The molecular weight excluding hydrogens is 465 g/mol. The SMILES string of the molecule is CCNC(=NCc1ccc(N2CCNC(=O)C2)cc1)NC(C)CCC(C)C.I. The Morgan fingerprint density at radius 2 is 1.93 bits per heavy atom. The number of benzene rings is 1. The molecule has 6 nitrogen and oxygen atoms in total. The van der Waals surface area contributed by atoms with Gasteiger partial charge in [0.15, 0.2) is 5.96 Å². The predicted octanol–water partition coefficient (Wildman–Crippen LogP) is 3.12. The van der Waals surface area contributed by atoms with E-state index in [1.807, 2.05) is 0 Å². The first-order valence-corrected chi connectivity index (χ1v) is 10.1. The maximum absolute atomic E-state index is 11.5. The molecule has 1 aromatic carbocycles. The molecule has 2 rings (SSSR count). The summed E-state index contributed by atoms with van der Waals surface area (Å²) in [5, 5.41) is 9.68. The van der Waals surface area contributed by atoms with E-state index in [1.165, 1.54) is 6.42 Å². The zero-order valence-corrected chi connectivity index (χ0v) is 20.0. The number of hydrogen-bond donors (Lipinski definition) is 3. The molecule has 0 aromatic heterocycles. The molecule has 0 spiro atoms. The third-order valence-electron chi connectivity index (χ3n) is 4.66. The number of guanidine groups is 1. The van der Waals surface area contributed by atoms with E-state index in [-0.39, 0.29) is 29.9 Å². The Morgan fingerprint density at radius 1 is 1.21 bits per heavy atom. The third kappa shape index (κ3) is 8.67. The van der Waals surface area contributed by atoms with E-state index in [0.29, 0.717) is 25.7 Å². The second-order valence-corrected chi connectivity index (χ2v) is 7.65. The number of hydrogen-bond acceptors (Lipinski definition) is 3. The highest BCUT2D eigenvalue weighted by Crippen LogP contribution is 2.16. The van der Waals surface area contributed by atoms with Crippen LogP contribution < -0.4 is 20.9 Å². The summed E-state index contributed by atoms with van der Waals surface area (Å²) in [4.78, 5) is 18.4. The quantitative estimate of drug-likeness (QED) is 0.291. The maximum Gasteiger partial charge on any atom is 0.239 e. The zero-order chi connectivity index (χ0) is 19.6. The molecule has 0 aliphatic carbocycles. The number of halogens is 1. The van der Waals surface area contributed by atoms with E-state index in [9.17, 15) is 4.79 Å². The number of nitrogens with one attached hydrogen (secondary N) is 3. The number of piperazine rings is 1. The molecule has 1 saturated heterocycles. The second kappa shape index (κ2) is 12.9. The number of rotatable bonds is 8. The lowest BCUT2D eigenvalue weighted by molar-refractivity contribution is -0.120. The Hall–Kier alpha value is -1.51. The van der Waals surface area contributed by atoms with Gasteiger partial charge in [-0.3, -0.25) is 4.79 Å². The van der Waals surface area contributed by atoms with Gasteiger partial charge in [0.2, 0.25) is 5.91 Å². The molecule has 1 aliphatic heterocycles. The number of amides is 1. The van der Waals surface area contributed by atoms with Gasteiger partial charge >= 0.3 is 0 Å². The summed E-state index contributed by atoms with van der Waals surface area (Å²) in [5.74, 6) is 1.67. The van der Waals surface area contributed by atoms with Crippen LogP contribution in [0, 0.1) is 5.92 Å². The van der Waals surface area contributed by atoms with Crippen molar-refractivity contribution in [3.63, 3.8) is 0 Å². The van der Waals surface area contributed by atoms with Gasteiger partial charge in [0.05, 0.1) is 13.1 Å². The molecule has 1 aliphatic rings. The largest absolute Gasteiger partial charge is 0.360 e. The van der Waals surface area contributed by atoms with Crippen LogP contribution in [0.15, 0.2) is 29.3 Å². The molecular formula is C21H36IN5O. The van der Waals surface area contributed by atoms with Crippen molar-refractivity contribution in [1.29, 1.82) is 0 Å². The first-order valence-electron chi connectivity index (χ1n) is 10.1. The van der Waals surface area contributed by atoms with Crippen LogP contribution in [-0.2, 0) is 11.3 Å². The summed E-state index contributed by atoms with van der Waals surface area (Å²) >= 11 is 0. The monoisotopic (exact) mass is 501 g/mol. The van der Waals surface area contributed by atoms with Gasteiger partial charge in [-0.25, -0.2) is 4.99 Å². The summed E-state index contributed by atoms with van der Waals surface area (Å²) < 4.78 is 0. The Kier molecular flexibility index (Phi) is 11.3. The summed E-state index contributed by atoms with van der Waals surface area (Å²) in [6.45, 7) is 12.3. The van der Waals surface area contributed by atoms with Crippen molar-refractivity contribution in [3.8, 4) is 0 Å². The average Bonchev–Trinajstić information content (AvgIpc) is 2.65.